The monoisotopic (exact) mass is 375 g/mol. The summed E-state index contributed by atoms with van der Waals surface area (Å²) < 4.78 is 12.2. The first-order chi connectivity index (χ1) is 8.60. The first-order valence-corrected chi connectivity index (χ1v) is 6.78. The zero-order chi connectivity index (χ0) is 13.1. The average molecular weight is 377 g/mol. The number of aromatic nitrogens is 2. The van der Waals surface area contributed by atoms with Gasteiger partial charge in [-0.25, -0.2) is 0 Å². The number of ether oxygens (including phenoxy) is 1. The smallest absolute Gasteiger partial charge is 0.223 e. The van der Waals surface area contributed by atoms with Gasteiger partial charge >= 0.3 is 0 Å². The van der Waals surface area contributed by atoms with Crippen molar-refractivity contribution in [3.8, 4) is 5.75 Å². The van der Waals surface area contributed by atoms with Crippen molar-refractivity contribution >= 4 is 31.9 Å². The number of benzene rings is 1. The molecule has 0 saturated heterocycles. The Morgan fingerprint density at radius 2 is 2.00 bits per heavy atom. The van der Waals surface area contributed by atoms with Gasteiger partial charge in [-0.15, -0.1) is 0 Å². The molecular formula is C11H11Br2N3O2. The molecule has 0 saturated carbocycles. The molecule has 5 nitrogen and oxygen atoms in total. The minimum absolute atomic E-state index is 0.247. The molecule has 0 radical (unpaired) electrons. The van der Waals surface area contributed by atoms with Gasteiger partial charge in [0.15, 0.2) is 6.61 Å². The molecule has 0 spiro atoms. The summed E-state index contributed by atoms with van der Waals surface area (Å²) >= 11 is 6.89. The summed E-state index contributed by atoms with van der Waals surface area (Å²) in [6, 6.07) is 3.84. The zero-order valence-electron chi connectivity index (χ0n) is 9.61. The normalized spacial score (nSPS) is 10.7. The first kappa shape index (κ1) is 13.5. The maximum Gasteiger partial charge on any atom is 0.223 e. The van der Waals surface area contributed by atoms with Crippen LogP contribution in [0.2, 0.25) is 0 Å². The van der Waals surface area contributed by atoms with Crippen LogP contribution in [0.25, 0.3) is 0 Å². The number of hydrogen-bond acceptors (Lipinski definition) is 5. The van der Waals surface area contributed by atoms with E-state index in [-0.39, 0.29) is 6.61 Å². The van der Waals surface area contributed by atoms with Crippen LogP contribution in [-0.2, 0) is 13.2 Å². The summed E-state index contributed by atoms with van der Waals surface area (Å²) in [6.45, 7) is 2.45. The lowest BCUT2D eigenvalue weighted by atomic mass is 10.2. The third kappa shape index (κ3) is 3.09. The minimum atomic E-state index is 0.247. The lowest BCUT2D eigenvalue weighted by Crippen LogP contribution is -2.01. The molecule has 0 aliphatic rings. The van der Waals surface area contributed by atoms with Crippen molar-refractivity contribution in [1.82, 2.24) is 10.1 Å². The fraction of sp³-hybridized carbons (Fsp3) is 0.273. The lowest BCUT2D eigenvalue weighted by molar-refractivity contribution is 0.282. The van der Waals surface area contributed by atoms with E-state index >= 15 is 0 Å². The molecular weight excluding hydrogens is 366 g/mol. The van der Waals surface area contributed by atoms with Crippen molar-refractivity contribution in [2.45, 2.75) is 20.1 Å². The van der Waals surface area contributed by atoms with Crippen molar-refractivity contribution in [3.05, 3.63) is 38.4 Å². The van der Waals surface area contributed by atoms with E-state index in [1.807, 2.05) is 12.1 Å². The van der Waals surface area contributed by atoms with Crippen LogP contribution in [-0.4, -0.2) is 10.1 Å². The molecule has 0 aliphatic heterocycles. The Balaban J connectivity index is 2.14. The molecule has 96 valence electrons. The lowest BCUT2D eigenvalue weighted by Gasteiger charge is -2.10. The van der Waals surface area contributed by atoms with Crippen LogP contribution in [0.1, 0.15) is 17.3 Å². The van der Waals surface area contributed by atoms with E-state index in [0.29, 0.717) is 24.0 Å². The average Bonchev–Trinajstić information content (AvgIpc) is 2.73. The fourth-order valence-corrected chi connectivity index (χ4v) is 2.91. The highest BCUT2D eigenvalue weighted by Gasteiger charge is 2.10. The van der Waals surface area contributed by atoms with Gasteiger partial charge in [-0.3, -0.25) is 0 Å². The Kier molecular flexibility index (Phi) is 4.36. The SMILES string of the molecule is Cc1nc(COc2c(Br)cc(CN)cc2Br)no1. The van der Waals surface area contributed by atoms with E-state index < -0.39 is 0 Å². The molecule has 0 bridgehead atoms. The van der Waals surface area contributed by atoms with E-state index in [2.05, 4.69) is 42.0 Å². The highest BCUT2D eigenvalue weighted by Crippen LogP contribution is 2.35. The van der Waals surface area contributed by atoms with Crippen LogP contribution in [0.15, 0.2) is 25.6 Å². The second kappa shape index (κ2) is 5.81. The van der Waals surface area contributed by atoms with Crippen LogP contribution in [0.4, 0.5) is 0 Å². The predicted molar refractivity (Wildman–Crippen MR) is 73.1 cm³/mol. The van der Waals surface area contributed by atoms with Crippen molar-refractivity contribution in [3.63, 3.8) is 0 Å². The summed E-state index contributed by atoms with van der Waals surface area (Å²) in [7, 11) is 0. The molecule has 2 rings (SSSR count). The minimum Gasteiger partial charge on any atom is -0.483 e. The Morgan fingerprint density at radius 1 is 1.33 bits per heavy atom. The molecule has 2 N–H and O–H groups in total. The topological polar surface area (TPSA) is 74.2 Å². The number of nitrogens with zero attached hydrogens (tertiary/aromatic N) is 2. The molecule has 7 heteroatoms. The maximum absolute atomic E-state index is 5.65. The molecule has 1 heterocycles. The van der Waals surface area contributed by atoms with Gasteiger partial charge in [-0.1, -0.05) is 5.16 Å². The Bertz CT molecular complexity index is 534. The Morgan fingerprint density at radius 3 is 2.50 bits per heavy atom. The summed E-state index contributed by atoms with van der Waals surface area (Å²) in [6.07, 6.45) is 0. The molecule has 0 unspecified atom stereocenters. The first-order valence-electron chi connectivity index (χ1n) is 5.20. The number of aryl methyl sites for hydroxylation is 1. The molecule has 2 aromatic rings. The van der Waals surface area contributed by atoms with E-state index in [9.17, 15) is 0 Å². The standard InChI is InChI=1S/C11H11Br2N3O2/c1-6-15-10(16-18-6)5-17-11-8(12)2-7(4-14)3-9(11)13/h2-3H,4-5,14H2,1H3. The van der Waals surface area contributed by atoms with Crippen molar-refractivity contribution in [1.29, 1.82) is 0 Å². The molecule has 0 aliphatic carbocycles. The van der Waals surface area contributed by atoms with E-state index in [1.165, 1.54) is 0 Å². The summed E-state index contributed by atoms with van der Waals surface area (Å²) in [4.78, 5) is 4.07. The molecule has 18 heavy (non-hydrogen) atoms. The molecule has 0 fully saturated rings. The zero-order valence-corrected chi connectivity index (χ0v) is 12.8. The summed E-state index contributed by atoms with van der Waals surface area (Å²) in [5.74, 6) is 1.72. The summed E-state index contributed by atoms with van der Waals surface area (Å²) in [5.41, 5.74) is 6.60. The molecule has 0 amide bonds. The highest BCUT2D eigenvalue weighted by atomic mass is 79.9. The second-order valence-electron chi connectivity index (χ2n) is 3.61. The van der Waals surface area contributed by atoms with E-state index in [1.54, 1.807) is 6.92 Å². The van der Waals surface area contributed by atoms with Gasteiger partial charge in [0, 0.05) is 13.5 Å². The fourth-order valence-electron chi connectivity index (χ4n) is 1.40. The summed E-state index contributed by atoms with van der Waals surface area (Å²) in [5, 5.41) is 3.76. The molecule has 0 atom stereocenters. The highest BCUT2D eigenvalue weighted by molar-refractivity contribution is 9.11. The molecule has 1 aromatic carbocycles. The van der Waals surface area contributed by atoms with Crippen molar-refractivity contribution in [2.75, 3.05) is 0 Å². The van der Waals surface area contributed by atoms with Gasteiger partial charge in [0.1, 0.15) is 5.75 Å². The number of hydrogen-bond donors (Lipinski definition) is 1. The number of rotatable bonds is 4. The van der Waals surface area contributed by atoms with Gasteiger partial charge in [-0.2, -0.15) is 4.98 Å². The van der Waals surface area contributed by atoms with Gasteiger partial charge in [0.25, 0.3) is 0 Å². The largest absolute Gasteiger partial charge is 0.483 e. The van der Waals surface area contributed by atoms with Crippen molar-refractivity contribution < 1.29 is 9.26 Å². The van der Waals surface area contributed by atoms with Gasteiger partial charge < -0.3 is 15.0 Å². The van der Waals surface area contributed by atoms with Gasteiger partial charge in [-0.05, 0) is 49.6 Å². The van der Waals surface area contributed by atoms with E-state index in [4.69, 9.17) is 15.0 Å². The Hall–Kier alpha value is -0.920. The Labute approximate surface area is 121 Å². The predicted octanol–water partition coefficient (Wildman–Crippen LogP) is 2.94. The van der Waals surface area contributed by atoms with Crippen molar-refractivity contribution in [2.24, 2.45) is 5.73 Å². The number of nitrogens with two attached hydrogens (primary N) is 1. The third-order valence-electron chi connectivity index (χ3n) is 2.21. The second-order valence-corrected chi connectivity index (χ2v) is 5.32. The van der Waals surface area contributed by atoms with Gasteiger partial charge in [0.2, 0.25) is 11.7 Å². The van der Waals surface area contributed by atoms with E-state index in [0.717, 1.165) is 14.5 Å². The maximum atomic E-state index is 5.65. The van der Waals surface area contributed by atoms with Crippen LogP contribution in [0, 0.1) is 6.92 Å². The molecule has 1 aromatic heterocycles. The third-order valence-corrected chi connectivity index (χ3v) is 3.39. The van der Waals surface area contributed by atoms with Crippen LogP contribution in [0.5, 0.6) is 5.75 Å². The van der Waals surface area contributed by atoms with Gasteiger partial charge in [0.05, 0.1) is 8.95 Å². The van der Waals surface area contributed by atoms with Crippen LogP contribution < -0.4 is 10.5 Å². The quantitative estimate of drug-likeness (QED) is 0.887. The van der Waals surface area contributed by atoms with Crippen LogP contribution in [0.3, 0.4) is 0 Å². The van der Waals surface area contributed by atoms with Crippen LogP contribution >= 0.6 is 31.9 Å². The number of halogens is 2.